The minimum atomic E-state index is 0.409. The van der Waals surface area contributed by atoms with Crippen LogP contribution >= 0.6 is 23.2 Å². The Morgan fingerprint density at radius 3 is 2.56 bits per heavy atom. The van der Waals surface area contributed by atoms with Gasteiger partial charge in [-0.25, -0.2) is 0 Å². The summed E-state index contributed by atoms with van der Waals surface area (Å²) >= 11 is 11.9. The lowest BCUT2D eigenvalue weighted by Gasteiger charge is -2.36. The molecule has 88 valence electrons. The van der Waals surface area contributed by atoms with Crippen LogP contribution in [0.25, 0.3) is 0 Å². The number of hydrogen-bond donors (Lipinski definition) is 1. The molecule has 0 unspecified atom stereocenters. The molecule has 0 amide bonds. The first-order chi connectivity index (χ1) is 7.56. The van der Waals surface area contributed by atoms with Crippen LogP contribution in [0.3, 0.4) is 0 Å². The summed E-state index contributed by atoms with van der Waals surface area (Å²) in [5.41, 5.74) is 6.88. The first-order valence-corrected chi connectivity index (χ1v) is 6.23. The molecule has 0 heterocycles. The maximum atomic E-state index is 5.99. The zero-order valence-electron chi connectivity index (χ0n) is 9.29. The van der Waals surface area contributed by atoms with Crippen LogP contribution in [0.2, 0.25) is 10.0 Å². The molecule has 0 saturated heterocycles. The lowest BCUT2D eigenvalue weighted by Crippen LogP contribution is -2.41. The Balaban J connectivity index is 1.97. The van der Waals surface area contributed by atoms with Crippen LogP contribution in [0.5, 0.6) is 0 Å². The maximum Gasteiger partial charge on any atom is 0.0612 e. The highest BCUT2D eigenvalue weighted by Gasteiger charge is 2.26. The molecule has 1 fully saturated rings. The number of rotatable bonds is 3. The summed E-state index contributed by atoms with van der Waals surface area (Å²) in [6.07, 6.45) is 2.26. The minimum absolute atomic E-state index is 0.409. The fraction of sp³-hybridized carbons (Fsp3) is 0.500. The molecule has 1 aliphatic rings. The third kappa shape index (κ3) is 2.62. The van der Waals surface area contributed by atoms with Crippen molar-refractivity contribution >= 4 is 28.9 Å². The second-order valence-corrected chi connectivity index (χ2v) is 5.39. The highest BCUT2D eigenvalue weighted by atomic mass is 35.5. The smallest absolute Gasteiger partial charge is 0.0612 e. The Labute approximate surface area is 106 Å². The molecule has 1 aromatic carbocycles. The average molecular weight is 259 g/mol. The van der Waals surface area contributed by atoms with Crippen molar-refractivity contribution in [3.63, 3.8) is 0 Å². The Hall–Kier alpha value is -0.440. The van der Waals surface area contributed by atoms with Gasteiger partial charge in [0.2, 0.25) is 0 Å². The van der Waals surface area contributed by atoms with Gasteiger partial charge in [0.25, 0.3) is 0 Å². The summed E-state index contributed by atoms with van der Waals surface area (Å²) in [4.78, 5) is 2.21. The zero-order valence-corrected chi connectivity index (χ0v) is 10.8. The van der Waals surface area contributed by atoms with E-state index in [-0.39, 0.29) is 0 Å². The summed E-state index contributed by atoms with van der Waals surface area (Å²) in [6.45, 7) is 1.03. The van der Waals surface area contributed by atoms with E-state index in [2.05, 4.69) is 11.9 Å². The Bertz CT molecular complexity index is 375. The van der Waals surface area contributed by atoms with Gasteiger partial charge in [-0.1, -0.05) is 23.2 Å². The number of benzene rings is 1. The number of nitrogens with zero attached hydrogens (tertiary/aromatic N) is 1. The Morgan fingerprint density at radius 1 is 1.31 bits per heavy atom. The van der Waals surface area contributed by atoms with E-state index in [1.54, 1.807) is 0 Å². The van der Waals surface area contributed by atoms with E-state index >= 15 is 0 Å². The molecule has 2 nitrogen and oxygen atoms in total. The van der Waals surface area contributed by atoms with E-state index in [1.807, 2.05) is 18.2 Å². The van der Waals surface area contributed by atoms with Crippen LogP contribution < -0.4 is 10.6 Å². The van der Waals surface area contributed by atoms with Crippen LogP contribution in [-0.4, -0.2) is 19.6 Å². The van der Waals surface area contributed by atoms with Crippen molar-refractivity contribution < 1.29 is 0 Å². The number of nitrogens with two attached hydrogens (primary N) is 1. The fourth-order valence-corrected chi connectivity index (χ4v) is 2.44. The van der Waals surface area contributed by atoms with Gasteiger partial charge < -0.3 is 10.6 Å². The zero-order chi connectivity index (χ0) is 11.7. The van der Waals surface area contributed by atoms with Gasteiger partial charge in [0.15, 0.2) is 0 Å². The lowest BCUT2D eigenvalue weighted by molar-refractivity contribution is 0.271. The van der Waals surface area contributed by atoms with Gasteiger partial charge in [-0.15, -0.1) is 0 Å². The van der Waals surface area contributed by atoms with Gasteiger partial charge in [0, 0.05) is 25.3 Å². The predicted molar refractivity (Wildman–Crippen MR) is 70.4 cm³/mol. The second kappa shape index (κ2) is 4.82. The molecule has 0 aromatic heterocycles. The van der Waals surface area contributed by atoms with Gasteiger partial charge in [0.1, 0.15) is 0 Å². The van der Waals surface area contributed by atoms with E-state index in [9.17, 15) is 0 Å². The van der Waals surface area contributed by atoms with Crippen molar-refractivity contribution in [3.05, 3.63) is 28.2 Å². The van der Waals surface area contributed by atoms with Crippen LogP contribution in [0.4, 0.5) is 5.69 Å². The van der Waals surface area contributed by atoms with Gasteiger partial charge in [0.05, 0.1) is 10.0 Å². The normalized spacial score (nSPS) is 24.0. The standard InChI is InChI=1S/C12H16Cl2N2/c1-16(7-8-4-9(15)5-8)10-2-3-11(13)12(14)6-10/h2-3,6,8-9H,4-5,7,15H2,1H3. The van der Waals surface area contributed by atoms with Crippen molar-refractivity contribution in [3.8, 4) is 0 Å². The monoisotopic (exact) mass is 258 g/mol. The second-order valence-electron chi connectivity index (χ2n) is 4.58. The first kappa shape index (κ1) is 12.0. The molecule has 0 radical (unpaired) electrons. The predicted octanol–water partition coefficient (Wildman–Crippen LogP) is 3.17. The Kier molecular flexibility index (Phi) is 3.63. The van der Waals surface area contributed by atoms with Crippen molar-refractivity contribution in [2.75, 3.05) is 18.5 Å². The van der Waals surface area contributed by atoms with Crippen molar-refractivity contribution in [2.45, 2.75) is 18.9 Å². The fourth-order valence-electron chi connectivity index (χ4n) is 2.15. The topological polar surface area (TPSA) is 29.3 Å². The minimum Gasteiger partial charge on any atom is -0.374 e. The van der Waals surface area contributed by atoms with Gasteiger partial charge in [-0.05, 0) is 37.0 Å². The summed E-state index contributed by atoms with van der Waals surface area (Å²) in [5.74, 6) is 0.717. The average Bonchev–Trinajstić information content (AvgIpc) is 2.19. The molecular formula is C12H16Cl2N2. The van der Waals surface area contributed by atoms with Crippen LogP contribution in [-0.2, 0) is 0 Å². The molecule has 1 aliphatic carbocycles. The number of anilines is 1. The summed E-state index contributed by atoms with van der Waals surface area (Å²) in [7, 11) is 2.07. The summed E-state index contributed by atoms with van der Waals surface area (Å²) in [5, 5.41) is 1.21. The molecule has 0 aliphatic heterocycles. The highest BCUT2D eigenvalue weighted by Crippen LogP contribution is 2.30. The number of halogens is 2. The van der Waals surface area contributed by atoms with E-state index in [0.717, 1.165) is 31.0 Å². The molecule has 0 spiro atoms. The van der Waals surface area contributed by atoms with Crippen molar-refractivity contribution in [2.24, 2.45) is 11.7 Å². The molecule has 16 heavy (non-hydrogen) atoms. The van der Waals surface area contributed by atoms with Crippen LogP contribution in [0.1, 0.15) is 12.8 Å². The van der Waals surface area contributed by atoms with Gasteiger partial charge in [-0.2, -0.15) is 0 Å². The quantitative estimate of drug-likeness (QED) is 0.903. The molecule has 4 heteroatoms. The van der Waals surface area contributed by atoms with Crippen molar-refractivity contribution in [1.82, 2.24) is 0 Å². The summed E-state index contributed by atoms with van der Waals surface area (Å²) in [6, 6.07) is 6.14. The first-order valence-electron chi connectivity index (χ1n) is 5.48. The summed E-state index contributed by atoms with van der Waals surface area (Å²) < 4.78 is 0. The van der Waals surface area contributed by atoms with Crippen molar-refractivity contribution in [1.29, 1.82) is 0 Å². The molecule has 2 N–H and O–H groups in total. The number of hydrogen-bond acceptors (Lipinski definition) is 2. The third-order valence-corrected chi connectivity index (χ3v) is 3.89. The molecule has 1 saturated carbocycles. The van der Waals surface area contributed by atoms with Gasteiger partial charge in [-0.3, -0.25) is 0 Å². The van der Waals surface area contributed by atoms with Crippen LogP contribution in [0, 0.1) is 5.92 Å². The SMILES string of the molecule is CN(CC1CC(N)C1)c1ccc(Cl)c(Cl)c1. The maximum absolute atomic E-state index is 5.99. The van der Waals surface area contributed by atoms with E-state index < -0.39 is 0 Å². The molecule has 0 bridgehead atoms. The van der Waals surface area contributed by atoms with Gasteiger partial charge >= 0.3 is 0 Å². The molecule has 2 rings (SSSR count). The highest BCUT2D eigenvalue weighted by molar-refractivity contribution is 6.42. The molecular weight excluding hydrogens is 243 g/mol. The molecule has 0 atom stereocenters. The largest absolute Gasteiger partial charge is 0.374 e. The lowest BCUT2D eigenvalue weighted by atomic mass is 9.80. The van der Waals surface area contributed by atoms with E-state index in [0.29, 0.717) is 16.1 Å². The van der Waals surface area contributed by atoms with E-state index in [1.165, 1.54) is 0 Å². The van der Waals surface area contributed by atoms with Crippen LogP contribution in [0.15, 0.2) is 18.2 Å². The molecule has 1 aromatic rings. The Morgan fingerprint density at radius 2 is 2.00 bits per heavy atom. The third-order valence-electron chi connectivity index (χ3n) is 3.15. The van der Waals surface area contributed by atoms with E-state index in [4.69, 9.17) is 28.9 Å².